The summed E-state index contributed by atoms with van der Waals surface area (Å²) < 4.78 is 1.72. The van der Waals surface area contributed by atoms with Crippen LogP contribution < -0.4 is 5.73 Å². The summed E-state index contributed by atoms with van der Waals surface area (Å²) in [5.74, 6) is 1.18. The van der Waals surface area contributed by atoms with Crippen LogP contribution in [0.5, 0.6) is 0 Å². The number of carbonyl (C=O) groups is 1. The molecule has 1 saturated heterocycles. The zero-order valence-electron chi connectivity index (χ0n) is 10.7. The molecule has 1 unspecified atom stereocenters. The molecule has 2 heterocycles. The normalized spacial score (nSPS) is 30.8. The molecule has 1 aliphatic carbocycles. The van der Waals surface area contributed by atoms with E-state index in [1.54, 1.807) is 4.68 Å². The van der Waals surface area contributed by atoms with E-state index in [0.717, 1.165) is 18.8 Å². The maximum absolute atomic E-state index is 12.2. The molecule has 18 heavy (non-hydrogen) atoms. The Morgan fingerprint density at radius 2 is 2.11 bits per heavy atom. The van der Waals surface area contributed by atoms with Crippen molar-refractivity contribution in [2.24, 2.45) is 17.6 Å². The molecule has 3 rings (SSSR count). The molecule has 5 heteroatoms. The monoisotopic (exact) mass is 248 g/mol. The quantitative estimate of drug-likeness (QED) is 0.823. The fourth-order valence-corrected chi connectivity index (χ4v) is 3.26. The highest BCUT2D eigenvalue weighted by atomic mass is 16.2. The molecule has 2 aliphatic rings. The third kappa shape index (κ3) is 2.03. The van der Waals surface area contributed by atoms with E-state index < -0.39 is 0 Å². The number of fused-ring (bicyclic) bond motifs is 2. The van der Waals surface area contributed by atoms with Crippen molar-refractivity contribution in [1.82, 2.24) is 14.7 Å². The Morgan fingerprint density at radius 3 is 2.67 bits per heavy atom. The molecule has 1 amide bonds. The molecular formula is C13H20N4O. The van der Waals surface area contributed by atoms with Gasteiger partial charge >= 0.3 is 0 Å². The van der Waals surface area contributed by atoms with Gasteiger partial charge in [0.2, 0.25) is 5.91 Å². The van der Waals surface area contributed by atoms with Gasteiger partial charge in [0, 0.05) is 25.3 Å². The Bertz CT molecular complexity index is 442. The largest absolute Gasteiger partial charge is 0.340 e. The number of aromatic nitrogens is 2. The average Bonchev–Trinajstić information content (AvgIpc) is 2.80. The molecule has 1 aliphatic heterocycles. The van der Waals surface area contributed by atoms with Crippen molar-refractivity contribution in [2.75, 3.05) is 13.1 Å². The predicted octanol–water partition coefficient (Wildman–Crippen LogP) is 0.387. The summed E-state index contributed by atoms with van der Waals surface area (Å²) in [5, 5.41) is 4.26. The molecule has 98 valence electrons. The number of amides is 1. The number of nitrogens with two attached hydrogens (primary N) is 1. The van der Waals surface area contributed by atoms with Crippen LogP contribution in [0, 0.1) is 18.8 Å². The highest BCUT2D eigenvalue weighted by molar-refractivity contribution is 5.76. The Labute approximate surface area is 107 Å². The van der Waals surface area contributed by atoms with Gasteiger partial charge in [-0.05, 0) is 37.7 Å². The van der Waals surface area contributed by atoms with E-state index in [1.807, 2.05) is 24.1 Å². The van der Waals surface area contributed by atoms with Crippen LogP contribution in [0.2, 0.25) is 0 Å². The van der Waals surface area contributed by atoms with Crippen molar-refractivity contribution in [1.29, 1.82) is 0 Å². The van der Waals surface area contributed by atoms with Gasteiger partial charge in [0.15, 0.2) is 0 Å². The van der Waals surface area contributed by atoms with Crippen LogP contribution in [0.1, 0.15) is 18.5 Å². The number of aryl methyl sites for hydroxylation is 1. The molecule has 5 nitrogen and oxygen atoms in total. The maximum Gasteiger partial charge on any atom is 0.244 e. The third-order valence-corrected chi connectivity index (χ3v) is 4.33. The Morgan fingerprint density at radius 1 is 1.44 bits per heavy atom. The lowest BCUT2D eigenvalue weighted by Gasteiger charge is -2.36. The van der Waals surface area contributed by atoms with E-state index in [4.69, 9.17) is 5.73 Å². The van der Waals surface area contributed by atoms with E-state index >= 15 is 0 Å². The summed E-state index contributed by atoms with van der Waals surface area (Å²) in [6.07, 6.45) is 4.21. The molecule has 1 aromatic rings. The van der Waals surface area contributed by atoms with Crippen molar-refractivity contribution in [3.05, 3.63) is 18.0 Å². The summed E-state index contributed by atoms with van der Waals surface area (Å²) in [7, 11) is 0. The molecule has 1 saturated carbocycles. The first kappa shape index (κ1) is 11.7. The molecule has 2 N–H and O–H groups in total. The van der Waals surface area contributed by atoms with Gasteiger partial charge in [0.1, 0.15) is 6.54 Å². The molecule has 3 atom stereocenters. The van der Waals surface area contributed by atoms with Gasteiger partial charge in [-0.3, -0.25) is 9.48 Å². The lowest BCUT2D eigenvalue weighted by atomic mass is 9.93. The minimum Gasteiger partial charge on any atom is -0.340 e. The van der Waals surface area contributed by atoms with Crippen molar-refractivity contribution in [2.45, 2.75) is 32.4 Å². The summed E-state index contributed by atoms with van der Waals surface area (Å²) in [5.41, 5.74) is 7.09. The van der Waals surface area contributed by atoms with Gasteiger partial charge in [-0.25, -0.2) is 0 Å². The third-order valence-electron chi connectivity index (χ3n) is 4.33. The van der Waals surface area contributed by atoms with Crippen LogP contribution in [-0.2, 0) is 11.3 Å². The number of hydrogen-bond acceptors (Lipinski definition) is 3. The Kier molecular flexibility index (Phi) is 2.86. The van der Waals surface area contributed by atoms with Crippen LogP contribution in [0.15, 0.2) is 12.3 Å². The van der Waals surface area contributed by atoms with Gasteiger partial charge in [0.25, 0.3) is 0 Å². The summed E-state index contributed by atoms with van der Waals surface area (Å²) in [6, 6.07) is 2.23. The first-order valence-electron chi connectivity index (χ1n) is 6.67. The van der Waals surface area contributed by atoms with Gasteiger partial charge < -0.3 is 10.6 Å². The highest BCUT2D eigenvalue weighted by Gasteiger charge is 2.41. The molecule has 0 spiro atoms. The lowest BCUT2D eigenvalue weighted by molar-refractivity contribution is -0.134. The SMILES string of the molecule is Cc1ccn(CC(=O)N2C[C@H]3CC[C@@H](C2)C3N)n1. The minimum atomic E-state index is 0.168. The first-order valence-corrected chi connectivity index (χ1v) is 6.67. The summed E-state index contributed by atoms with van der Waals surface area (Å²) in [4.78, 5) is 14.2. The van der Waals surface area contributed by atoms with Gasteiger partial charge in [-0.15, -0.1) is 0 Å². The van der Waals surface area contributed by atoms with Crippen LogP contribution in [0.3, 0.4) is 0 Å². The van der Waals surface area contributed by atoms with Crippen molar-refractivity contribution >= 4 is 5.91 Å². The second-order valence-corrected chi connectivity index (χ2v) is 5.63. The van der Waals surface area contributed by atoms with Crippen LogP contribution in [0.25, 0.3) is 0 Å². The zero-order valence-corrected chi connectivity index (χ0v) is 10.7. The molecular weight excluding hydrogens is 228 g/mol. The van der Waals surface area contributed by atoms with Crippen molar-refractivity contribution < 1.29 is 4.79 Å². The molecule has 0 aromatic carbocycles. The van der Waals surface area contributed by atoms with Gasteiger partial charge in [-0.1, -0.05) is 0 Å². The minimum absolute atomic E-state index is 0.168. The molecule has 0 radical (unpaired) electrons. The number of nitrogens with zero attached hydrogens (tertiary/aromatic N) is 3. The zero-order chi connectivity index (χ0) is 12.7. The van der Waals surface area contributed by atoms with Crippen molar-refractivity contribution in [3.8, 4) is 0 Å². The van der Waals surface area contributed by atoms with Crippen molar-refractivity contribution in [3.63, 3.8) is 0 Å². The second-order valence-electron chi connectivity index (χ2n) is 5.63. The number of likely N-dealkylation sites (tertiary alicyclic amines) is 1. The highest BCUT2D eigenvalue weighted by Crippen LogP contribution is 2.35. The number of rotatable bonds is 2. The smallest absolute Gasteiger partial charge is 0.244 e. The summed E-state index contributed by atoms with van der Waals surface area (Å²) >= 11 is 0. The number of piperidine rings is 1. The van der Waals surface area contributed by atoms with E-state index in [1.165, 1.54) is 12.8 Å². The van der Waals surface area contributed by atoms with Crippen LogP contribution in [-0.4, -0.2) is 39.7 Å². The number of carbonyl (C=O) groups excluding carboxylic acids is 1. The average molecular weight is 248 g/mol. The van der Waals surface area contributed by atoms with E-state index in [-0.39, 0.29) is 5.91 Å². The standard InChI is InChI=1S/C13H20N4O/c1-9-4-5-17(15-9)8-12(18)16-6-10-2-3-11(7-16)13(10)14/h4-5,10-11,13H,2-3,6-8,14H2,1H3/t10-,11+,13?. The lowest BCUT2D eigenvalue weighted by Crippen LogP contribution is -2.51. The Hall–Kier alpha value is -1.36. The fraction of sp³-hybridized carbons (Fsp3) is 0.692. The maximum atomic E-state index is 12.2. The van der Waals surface area contributed by atoms with E-state index in [0.29, 0.717) is 24.4 Å². The van der Waals surface area contributed by atoms with E-state index in [2.05, 4.69) is 5.10 Å². The Balaban J connectivity index is 1.64. The van der Waals surface area contributed by atoms with Gasteiger partial charge in [-0.2, -0.15) is 5.10 Å². The molecule has 2 fully saturated rings. The van der Waals surface area contributed by atoms with Crippen LogP contribution >= 0.6 is 0 Å². The first-order chi connectivity index (χ1) is 8.63. The topological polar surface area (TPSA) is 64.2 Å². The predicted molar refractivity (Wildman–Crippen MR) is 67.7 cm³/mol. The van der Waals surface area contributed by atoms with Gasteiger partial charge in [0.05, 0.1) is 5.69 Å². The van der Waals surface area contributed by atoms with E-state index in [9.17, 15) is 4.79 Å². The molecule has 2 bridgehead atoms. The number of hydrogen-bond donors (Lipinski definition) is 1. The second kappa shape index (κ2) is 4.39. The summed E-state index contributed by atoms with van der Waals surface area (Å²) in [6.45, 7) is 3.94. The molecule has 1 aromatic heterocycles. The van der Waals surface area contributed by atoms with Crippen LogP contribution in [0.4, 0.5) is 0 Å². The fourth-order valence-electron chi connectivity index (χ4n) is 3.26.